The van der Waals surface area contributed by atoms with Gasteiger partial charge < -0.3 is 10.6 Å². The van der Waals surface area contributed by atoms with Gasteiger partial charge in [-0.1, -0.05) is 25.7 Å². The van der Waals surface area contributed by atoms with Crippen molar-refractivity contribution in [3.63, 3.8) is 0 Å². The van der Waals surface area contributed by atoms with Gasteiger partial charge in [-0.25, -0.2) is 0 Å². The zero-order valence-electron chi connectivity index (χ0n) is 8.97. The summed E-state index contributed by atoms with van der Waals surface area (Å²) in [6.45, 7) is 0. The molecule has 0 aromatic heterocycles. The fourth-order valence-corrected chi connectivity index (χ4v) is 3.61. The number of hydrogen-bond acceptors (Lipinski definition) is 2. The lowest BCUT2D eigenvalue weighted by Gasteiger charge is -2.41. The van der Waals surface area contributed by atoms with E-state index in [2.05, 4.69) is 10.6 Å². The van der Waals surface area contributed by atoms with Crippen molar-refractivity contribution in [2.75, 3.05) is 0 Å². The summed E-state index contributed by atoms with van der Waals surface area (Å²) in [4.78, 5) is 0. The highest BCUT2D eigenvalue weighted by atomic mass is 15.2. The molecule has 4 unspecified atom stereocenters. The van der Waals surface area contributed by atoms with Crippen LogP contribution < -0.4 is 10.6 Å². The van der Waals surface area contributed by atoms with E-state index in [-0.39, 0.29) is 0 Å². The molecule has 4 atom stereocenters. The Kier molecular flexibility index (Phi) is 2.50. The predicted octanol–water partition coefficient (Wildman–Crippen LogP) is 1.80. The zero-order valence-corrected chi connectivity index (χ0v) is 8.97. The molecular formula is C12H22N2. The first-order chi connectivity index (χ1) is 6.93. The second kappa shape index (κ2) is 3.82. The molecule has 3 heterocycles. The quantitative estimate of drug-likeness (QED) is 0.614. The Balaban J connectivity index is 1.81. The maximum Gasteiger partial charge on any atom is 0.0224 e. The van der Waals surface area contributed by atoms with E-state index < -0.39 is 0 Å². The molecule has 0 amide bonds. The summed E-state index contributed by atoms with van der Waals surface area (Å²) in [6.07, 6.45) is 11.4. The van der Waals surface area contributed by atoms with Crippen LogP contribution in [-0.4, -0.2) is 24.2 Å². The second-order valence-electron chi connectivity index (χ2n) is 5.33. The smallest absolute Gasteiger partial charge is 0.0224 e. The second-order valence-corrected chi connectivity index (χ2v) is 5.33. The minimum Gasteiger partial charge on any atom is -0.308 e. The number of hydrogen-bond donors (Lipinski definition) is 2. The molecule has 3 rings (SSSR count). The molecule has 4 bridgehead atoms. The summed E-state index contributed by atoms with van der Waals surface area (Å²) in [5, 5.41) is 7.79. The van der Waals surface area contributed by atoms with Gasteiger partial charge in [0, 0.05) is 24.2 Å². The fraction of sp³-hybridized carbons (Fsp3) is 1.00. The lowest BCUT2D eigenvalue weighted by molar-refractivity contribution is 0.211. The lowest BCUT2D eigenvalue weighted by Crippen LogP contribution is -2.64. The van der Waals surface area contributed by atoms with Gasteiger partial charge in [0.1, 0.15) is 0 Å². The Morgan fingerprint density at radius 2 is 0.786 bits per heavy atom. The molecule has 3 aliphatic rings. The number of fused-ring (bicyclic) bond motifs is 6. The van der Waals surface area contributed by atoms with Gasteiger partial charge in [-0.2, -0.15) is 0 Å². The van der Waals surface area contributed by atoms with Gasteiger partial charge in [0.2, 0.25) is 0 Å². The summed E-state index contributed by atoms with van der Waals surface area (Å²) in [5.74, 6) is 0. The molecule has 3 saturated heterocycles. The van der Waals surface area contributed by atoms with E-state index in [1.807, 2.05) is 0 Å². The first kappa shape index (κ1) is 9.17. The monoisotopic (exact) mass is 194 g/mol. The normalized spacial score (nSPS) is 48.0. The topological polar surface area (TPSA) is 24.1 Å². The summed E-state index contributed by atoms with van der Waals surface area (Å²) in [5.41, 5.74) is 0. The van der Waals surface area contributed by atoms with E-state index in [1.165, 1.54) is 51.4 Å². The summed E-state index contributed by atoms with van der Waals surface area (Å²) in [7, 11) is 0. The van der Waals surface area contributed by atoms with Crippen LogP contribution in [0.5, 0.6) is 0 Å². The molecular weight excluding hydrogens is 172 g/mol. The highest BCUT2D eigenvalue weighted by Gasteiger charge is 2.37. The summed E-state index contributed by atoms with van der Waals surface area (Å²) >= 11 is 0. The van der Waals surface area contributed by atoms with Crippen LogP contribution in [0.4, 0.5) is 0 Å². The van der Waals surface area contributed by atoms with E-state index in [0.29, 0.717) is 0 Å². The fourth-order valence-electron chi connectivity index (χ4n) is 3.61. The van der Waals surface area contributed by atoms with Gasteiger partial charge >= 0.3 is 0 Å². The minimum atomic E-state index is 0.789. The molecule has 2 N–H and O–H groups in total. The third-order valence-electron chi connectivity index (χ3n) is 4.39. The molecule has 0 aliphatic carbocycles. The predicted molar refractivity (Wildman–Crippen MR) is 58.4 cm³/mol. The Morgan fingerprint density at radius 3 is 1.07 bits per heavy atom. The van der Waals surface area contributed by atoms with E-state index in [9.17, 15) is 0 Å². The first-order valence-electron chi connectivity index (χ1n) is 6.45. The van der Waals surface area contributed by atoms with Gasteiger partial charge in [0.05, 0.1) is 0 Å². The van der Waals surface area contributed by atoms with Crippen molar-refractivity contribution in [3.8, 4) is 0 Å². The molecule has 14 heavy (non-hydrogen) atoms. The molecule has 2 heteroatoms. The van der Waals surface area contributed by atoms with Crippen LogP contribution in [-0.2, 0) is 0 Å². The SMILES string of the molecule is C1CCC2NC(C1)C1CCCCC2N1. The van der Waals surface area contributed by atoms with Crippen LogP contribution in [0.25, 0.3) is 0 Å². The molecule has 3 fully saturated rings. The minimum absolute atomic E-state index is 0.789. The average molecular weight is 194 g/mol. The third kappa shape index (κ3) is 1.59. The Morgan fingerprint density at radius 1 is 0.500 bits per heavy atom. The molecule has 0 spiro atoms. The van der Waals surface area contributed by atoms with E-state index in [1.54, 1.807) is 0 Å². The number of nitrogens with one attached hydrogen (secondary N) is 2. The molecule has 80 valence electrons. The van der Waals surface area contributed by atoms with Crippen LogP contribution >= 0.6 is 0 Å². The van der Waals surface area contributed by atoms with Crippen LogP contribution in [0.1, 0.15) is 51.4 Å². The average Bonchev–Trinajstić information content (AvgIpc) is 2.50. The Bertz CT molecular complexity index is 162. The molecule has 2 nitrogen and oxygen atoms in total. The summed E-state index contributed by atoms with van der Waals surface area (Å²) < 4.78 is 0. The van der Waals surface area contributed by atoms with E-state index in [0.717, 1.165) is 24.2 Å². The number of piperazine rings is 1. The first-order valence-corrected chi connectivity index (χ1v) is 6.45. The maximum absolute atomic E-state index is 3.89. The highest BCUT2D eigenvalue weighted by Crippen LogP contribution is 2.28. The molecule has 0 aromatic carbocycles. The molecule has 0 radical (unpaired) electrons. The Labute approximate surface area is 86.8 Å². The largest absolute Gasteiger partial charge is 0.308 e. The van der Waals surface area contributed by atoms with Crippen molar-refractivity contribution in [1.29, 1.82) is 0 Å². The number of rotatable bonds is 0. The van der Waals surface area contributed by atoms with Crippen LogP contribution in [0.15, 0.2) is 0 Å². The maximum atomic E-state index is 3.89. The van der Waals surface area contributed by atoms with Crippen LogP contribution in [0, 0.1) is 0 Å². The third-order valence-corrected chi connectivity index (χ3v) is 4.39. The van der Waals surface area contributed by atoms with Gasteiger partial charge in [-0.05, 0) is 25.7 Å². The van der Waals surface area contributed by atoms with Crippen molar-refractivity contribution < 1.29 is 0 Å². The van der Waals surface area contributed by atoms with Crippen molar-refractivity contribution in [1.82, 2.24) is 10.6 Å². The highest BCUT2D eigenvalue weighted by molar-refractivity contribution is 5.00. The van der Waals surface area contributed by atoms with E-state index >= 15 is 0 Å². The van der Waals surface area contributed by atoms with Gasteiger partial charge in [0.15, 0.2) is 0 Å². The lowest BCUT2D eigenvalue weighted by atomic mass is 9.95. The van der Waals surface area contributed by atoms with Crippen molar-refractivity contribution >= 4 is 0 Å². The standard InChI is InChI=1S/C12H22N2/c1-2-6-10-12-8-4-3-7-11(14-12)9(5-1)13-10/h9-14H,1-8H2. The van der Waals surface area contributed by atoms with Crippen molar-refractivity contribution in [3.05, 3.63) is 0 Å². The van der Waals surface area contributed by atoms with Crippen molar-refractivity contribution in [2.24, 2.45) is 0 Å². The molecule has 0 aromatic rings. The summed E-state index contributed by atoms with van der Waals surface area (Å²) in [6, 6.07) is 3.15. The van der Waals surface area contributed by atoms with Crippen LogP contribution in [0.2, 0.25) is 0 Å². The zero-order chi connectivity index (χ0) is 9.38. The Hall–Kier alpha value is -0.0800. The van der Waals surface area contributed by atoms with Crippen LogP contribution in [0.3, 0.4) is 0 Å². The van der Waals surface area contributed by atoms with Gasteiger partial charge in [-0.3, -0.25) is 0 Å². The van der Waals surface area contributed by atoms with Gasteiger partial charge in [-0.15, -0.1) is 0 Å². The molecule has 3 aliphatic heterocycles. The van der Waals surface area contributed by atoms with Crippen molar-refractivity contribution in [2.45, 2.75) is 75.5 Å². The van der Waals surface area contributed by atoms with Gasteiger partial charge in [0.25, 0.3) is 0 Å². The molecule has 0 saturated carbocycles. The van der Waals surface area contributed by atoms with E-state index in [4.69, 9.17) is 0 Å².